The Morgan fingerprint density at radius 1 is 0.811 bits per heavy atom. The fourth-order valence-corrected chi connectivity index (χ4v) is 3.50. The van der Waals surface area contributed by atoms with Crippen molar-refractivity contribution in [3.8, 4) is 0 Å². The number of urea groups is 1. The van der Waals surface area contributed by atoms with Crippen LogP contribution in [0.2, 0.25) is 0 Å². The van der Waals surface area contributed by atoms with E-state index in [2.05, 4.69) is 10.6 Å². The van der Waals surface area contributed by atoms with Gasteiger partial charge >= 0.3 is 18.4 Å². The van der Waals surface area contributed by atoms with Crippen LogP contribution in [-0.2, 0) is 12.4 Å². The first-order valence-electron chi connectivity index (χ1n) is 11.1. The highest BCUT2D eigenvalue weighted by Gasteiger charge is 2.37. The molecule has 0 bridgehead atoms. The van der Waals surface area contributed by atoms with Gasteiger partial charge in [0.1, 0.15) is 0 Å². The van der Waals surface area contributed by atoms with Gasteiger partial charge in [0.05, 0.1) is 11.1 Å². The van der Waals surface area contributed by atoms with Gasteiger partial charge < -0.3 is 10.6 Å². The van der Waals surface area contributed by atoms with E-state index in [4.69, 9.17) is 0 Å². The van der Waals surface area contributed by atoms with Gasteiger partial charge in [-0.05, 0) is 61.4 Å². The van der Waals surface area contributed by atoms with Crippen LogP contribution in [0.4, 0.5) is 42.5 Å². The predicted octanol–water partition coefficient (Wildman–Crippen LogP) is 6.89. The Hall–Kier alpha value is -4.02. The Bertz CT molecular complexity index is 1210. The lowest BCUT2D eigenvalue weighted by molar-refractivity contribution is -0.143. The van der Waals surface area contributed by atoms with Gasteiger partial charge in [-0.25, -0.2) is 4.79 Å². The van der Waals surface area contributed by atoms with Crippen LogP contribution in [0.15, 0.2) is 72.8 Å². The smallest absolute Gasteiger partial charge is 0.352 e. The van der Waals surface area contributed by atoms with Crippen LogP contribution in [0, 0.1) is 6.92 Å². The van der Waals surface area contributed by atoms with Crippen LogP contribution < -0.4 is 15.5 Å². The number of carbonyl (C=O) groups is 2. The first-order valence-corrected chi connectivity index (χ1v) is 11.1. The average Bonchev–Trinajstić information content (AvgIpc) is 2.83. The number of alkyl halides is 6. The van der Waals surface area contributed by atoms with Gasteiger partial charge in [0.2, 0.25) is 0 Å². The third-order valence-electron chi connectivity index (χ3n) is 5.28. The summed E-state index contributed by atoms with van der Waals surface area (Å²) < 4.78 is 78.4. The molecule has 5 nitrogen and oxygen atoms in total. The SMILES string of the molecule is Cc1cccc(NC(=O)N(CCCNC(=O)c2cc(C(F)(F)F)cc(C(F)(F)F)c2)c2ccccc2)c1. The number of carbonyl (C=O) groups excluding carboxylic acids is 2. The van der Waals surface area contributed by atoms with Crippen LogP contribution in [-0.4, -0.2) is 25.0 Å². The van der Waals surface area contributed by atoms with Gasteiger partial charge in [0.25, 0.3) is 5.91 Å². The fraction of sp³-hybridized carbons (Fsp3) is 0.231. The number of amides is 3. The number of halogens is 6. The Morgan fingerprint density at radius 2 is 1.43 bits per heavy atom. The van der Waals surface area contributed by atoms with Crippen LogP contribution in [0.5, 0.6) is 0 Å². The first kappa shape index (κ1) is 27.6. The van der Waals surface area contributed by atoms with Crippen molar-refractivity contribution < 1.29 is 35.9 Å². The minimum atomic E-state index is -5.06. The Morgan fingerprint density at radius 3 is 2.00 bits per heavy atom. The summed E-state index contributed by atoms with van der Waals surface area (Å²) in [6, 6.07) is 16.1. The molecular formula is C26H23F6N3O2. The van der Waals surface area contributed by atoms with Crippen molar-refractivity contribution in [3.05, 3.63) is 95.1 Å². The second-order valence-corrected chi connectivity index (χ2v) is 8.19. The highest BCUT2D eigenvalue weighted by molar-refractivity contribution is 6.01. The molecule has 37 heavy (non-hydrogen) atoms. The van der Waals surface area contributed by atoms with Gasteiger partial charge in [-0.1, -0.05) is 30.3 Å². The van der Waals surface area contributed by atoms with Crippen molar-refractivity contribution in [2.75, 3.05) is 23.3 Å². The second-order valence-electron chi connectivity index (χ2n) is 8.19. The summed E-state index contributed by atoms with van der Waals surface area (Å²) in [5.74, 6) is -1.09. The molecular weight excluding hydrogens is 500 g/mol. The van der Waals surface area contributed by atoms with E-state index < -0.39 is 41.0 Å². The quantitative estimate of drug-likeness (QED) is 0.262. The minimum Gasteiger partial charge on any atom is -0.352 e. The Balaban J connectivity index is 1.68. The van der Waals surface area contributed by atoms with Gasteiger partial charge in [-0.2, -0.15) is 26.3 Å². The number of benzene rings is 3. The Kier molecular flexibility index (Phi) is 8.46. The standard InChI is InChI=1S/C26H23F6N3O2/c1-17-7-5-8-21(13-17)34-24(37)35(22-9-3-2-4-10-22)12-6-11-33-23(36)18-14-19(25(27,28)29)16-20(15-18)26(30,31)32/h2-5,7-10,13-16H,6,11-12H2,1H3,(H,33,36)(H,34,37). The zero-order valence-electron chi connectivity index (χ0n) is 19.6. The molecule has 0 saturated carbocycles. The van der Waals surface area contributed by atoms with E-state index >= 15 is 0 Å². The molecule has 3 rings (SSSR count). The highest BCUT2D eigenvalue weighted by atomic mass is 19.4. The lowest BCUT2D eigenvalue weighted by Gasteiger charge is -2.23. The van der Waals surface area contributed by atoms with Crippen molar-refractivity contribution in [2.45, 2.75) is 25.7 Å². The lowest BCUT2D eigenvalue weighted by atomic mass is 10.0. The third kappa shape index (κ3) is 7.73. The van der Waals surface area contributed by atoms with Gasteiger partial charge in [-0.3, -0.25) is 9.69 Å². The van der Waals surface area contributed by atoms with E-state index in [0.29, 0.717) is 23.5 Å². The molecule has 11 heteroatoms. The number of anilines is 2. The molecule has 3 aromatic rings. The molecule has 3 aromatic carbocycles. The monoisotopic (exact) mass is 523 g/mol. The molecule has 0 saturated heterocycles. The summed E-state index contributed by atoms with van der Waals surface area (Å²) >= 11 is 0. The summed E-state index contributed by atoms with van der Waals surface area (Å²) in [6.45, 7) is 1.88. The normalized spacial score (nSPS) is 11.6. The summed E-state index contributed by atoms with van der Waals surface area (Å²) in [5.41, 5.74) is -1.84. The van der Waals surface area contributed by atoms with E-state index in [0.717, 1.165) is 5.56 Å². The van der Waals surface area contributed by atoms with Crippen LogP contribution in [0.1, 0.15) is 33.5 Å². The number of aryl methyl sites for hydroxylation is 1. The lowest BCUT2D eigenvalue weighted by Crippen LogP contribution is -2.37. The second kappa shape index (κ2) is 11.4. The summed E-state index contributed by atoms with van der Waals surface area (Å²) in [6.07, 6.45) is -9.94. The van der Waals surface area contributed by atoms with Crippen LogP contribution >= 0.6 is 0 Å². The summed E-state index contributed by atoms with van der Waals surface area (Å²) in [4.78, 5) is 26.8. The molecule has 0 aliphatic rings. The number of nitrogens with one attached hydrogen (secondary N) is 2. The van der Waals surface area contributed by atoms with Crippen molar-refractivity contribution in [3.63, 3.8) is 0 Å². The Labute approximate surface area is 209 Å². The maximum Gasteiger partial charge on any atom is 0.416 e. The molecule has 0 radical (unpaired) electrons. The minimum absolute atomic E-state index is 0.0403. The number of rotatable bonds is 7. The van der Waals surface area contributed by atoms with E-state index in [1.165, 1.54) is 4.90 Å². The predicted molar refractivity (Wildman–Crippen MR) is 127 cm³/mol. The molecule has 0 fully saturated rings. The van der Waals surface area contributed by atoms with E-state index in [1.54, 1.807) is 48.5 Å². The first-order chi connectivity index (χ1) is 17.3. The zero-order chi connectivity index (χ0) is 27.2. The summed E-state index contributed by atoms with van der Waals surface area (Å²) in [5, 5.41) is 5.11. The highest BCUT2D eigenvalue weighted by Crippen LogP contribution is 2.36. The number of nitrogens with zero attached hydrogens (tertiary/aromatic N) is 1. The van der Waals surface area contributed by atoms with Gasteiger partial charge in [0.15, 0.2) is 0 Å². The molecule has 0 unspecified atom stereocenters. The third-order valence-corrected chi connectivity index (χ3v) is 5.28. The van der Waals surface area contributed by atoms with E-state index in [-0.39, 0.29) is 25.6 Å². The van der Waals surface area contributed by atoms with Crippen molar-refractivity contribution in [1.29, 1.82) is 0 Å². The fourth-order valence-electron chi connectivity index (χ4n) is 3.50. The van der Waals surface area contributed by atoms with Crippen molar-refractivity contribution >= 4 is 23.3 Å². The number of para-hydroxylation sites is 1. The molecule has 0 spiro atoms. The molecule has 0 aliphatic heterocycles. The average molecular weight is 523 g/mol. The molecule has 0 aromatic heterocycles. The molecule has 0 heterocycles. The molecule has 3 amide bonds. The molecule has 2 N–H and O–H groups in total. The number of hydrogen-bond acceptors (Lipinski definition) is 2. The summed E-state index contributed by atoms with van der Waals surface area (Å²) in [7, 11) is 0. The maximum atomic E-state index is 13.1. The maximum absolute atomic E-state index is 13.1. The molecule has 0 atom stereocenters. The van der Waals surface area contributed by atoms with E-state index in [9.17, 15) is 35.9 Å². The van der Waals surface area contributed by atoms with Crippen molar-refractivity contribution in [2.24, 2.45) is 0 Å². The van der Waals surface area contributed by atoms with Crippen molar-refractivity contribution in [1.82, 2.24) is 5.32 Å². The van der Waals surface area contributed by atoms with Gasteiger partial charge in [-0.15, -0.1) is 0 Å². The topological polar surface area (TPSA) is 61.4 Å². The number of hydrogen-bond donors (Lipinski definition) is 2. The van der Waals surface area contributed by atoms with Crippen LogP contribution in [0.25, 0.3) is 0 Å². The van der Waals surface area contributed by atoms with Gasteiger partial charge in [0, 0.05) is 30.0 Å². The van der Waals surface area contributed by atoms with E-state index in [1.807, 2.05) is 13.0 Å². The van der Waals surface area contributed by atoms with Crippen LogP contribution in [0.3, 0.4) is 0 Å². The molecule has 196 valence electrons. The molecule has 0 aliphatic carbocycles. The largest absolute Gasteiger partial charge is 0.416 e. The zero-order valence-corrected chi connectivity index (χ0v) is 19.6.